The van der Waals surface area contributed by atoms with E-state index in [2.05, 4.69) is 4.98 Å². The third kappa shape index (κ3) is 4.03. The van der Waals surface area contributed by atoms with Crippen LogP contribution in [0, 0.1) is 6.92 Å². The van der Waals surface area contributed by atoms with E-state index in [1.807, 2.05) is 48.5 Å². The van der Waals surface area contributed by atoms with Crippen LogP contribution in [0.5, 0.6) is 5.75 Å². The molecule has 1 aromatic heterocycles. The smallest absolute Gasteiger partial charge is 0.169 e. The molecule has 6 heteroatoms. The summed E-state index contributed by atoms with van der Waals surface area (Å²) in [7, 11) is 0. The van der Waals surface area contributed by atoms with Crippen molar-refractivity contribution in [1.29, 1.82) is 0 Å². The van der Waals surface area contributed by atoms with E-state index in [0.717, 1.165) is 16.9 Å². The summed E-state index contributed by atoms with van der Waals surface area (Å²) in [6.07, 6.45) is 0.707. The molecule has 3 rings (SSSR count). The first-order valence-electron chi connectivity index (χ1n) is 7.71. The summed E-state index contributed by atoms with van der Waals surface area (Å²) >= 11 is 12.4. The van der Waals surface area contributed by atoms with Crippen LogP contribution in [0.2, 0.25) is 10.2 Å². The number of aryl methyl sites for hydroxylation is 1. The number of aromatic nitrogens is 2. The predicted molar refractivity (Wildman–Crippen MR) is 98.7 cm³/mol. The van der Waals surface area contributed by atoms with Crippen LogP contribution in [-0.2, 0) is 13.2 Å². The minimum atomic E-state index is 0.205. The Kier molecular flexibility index (Phi) is 5.41. The van der Waals surface area contributed by atoms with Crippen LogP contribution in [0.4, 0.5) is 0 Å². The van der Waals surface area contributed by atoms with Crippen LogP contribution in [0.1, 0.15) is 27.4 Å². The average molecular weight is 375 g/mol. The number of carbonyl (C=O) groups excluding carboxylic acids is 1. The van der Waals surface area contributed by atoms with Crippen molar-refractivity contribution in [2.24, 2.45) is 0 Å². The zero-order valence-electron chi connectivity index (χ0n) is 13.6. The Morgan fingerprint density at radius 2 is 1.92 bits per heavy atom. The summed E-state index contributed by atoms with van der Waals surface area (Å²) < 4.78 is 7.47. The van der Waals surface area contributed by atoms with Crippen molar-refractivity contribution >= 4 is 29.5 Å². The van der Waals surface area contributed by atoms with E-state index in [4.69, 9.17) is 27.9 Å². The third-order valence-electron chi connectivity index (χ3n) is 3.86. The summed E-state index contributed by atoms with van der Waals surface area (Å²) in [6.45, 7) is 2.66. The van der Waals surface area contributed by atoms with E-state index in [1.165, 1.54) is 0 Å². The quantitative estimate of drug-likeness (QED) is 0.574. The van der Waals surface area contributed by atoms with Gasteiger partial charge in [-0.2, -0.15) is 0 Å². The monoisotopic (exact) mass is 374 g/mol. The highest BCUT2D eigenvalue weighted by atomic mass is 35.5. The summed E-state index contributed by atoms with van der Waals surface area (Å²) in [4.78, 5) is 15.3. The van der Waals surface area contributed by atoms with Crippen molar-refractivity contribution in [2.45, 2.75) is 20.1 Å². The zero-order valence-corrected chi connectivity index (χ0v) is 15.1. The lowest BCUT2D eigenvalue weighted by Crippen LogP contribution is -2.07. The number of hydrogen-bond acceptors (Lipinski definition) is 3. The molecule has 4 nitrogen and oxygen atoms in total. The highest BCUT2D eigenvalue weighted by Gasteiger charge is 2.14. The van der Waals surface area contributed by atoms with Gasteiger partial charge in [0.25, 0.3) is 0 Å². The minimum absolute atomic E-state index is 0.205. The van der Waals surface area contributed by atoms with E-state index in [9.17, 15) is 4.79 Å². The molecule has 2 aromatic carbocycles. The molecule has 0 saturated carbocycles. The van der Waals surface area contributed by atoms with Gasteiger partial charge in [0.15, 0.2) is 11.4 Å². The molecule has 0 bridgehead atoms. The Labute approximate surface area is 156 Å². The van der Waals surface area contributed by atoms with Crippen molar-refractivity contribution in [3.63, 3.8) is 0 Å². The van der Waals surface area contributed by atoms with Crippen LogP contribution < -0.4 is 4.74 Å². The summed E-state index contributed by atoms with van der Waals surface area (Å²) in [5.41, 5.74) is 2.20. The number of rotatable bonds is 6. The van der Waals surface area contributed by atoms with Gasteiger partial charge in [0.2, 0.25) is 0 Å². The fourth-order valence-corrected chi connectivity index (χ4v) is 3.05. The van der Waals surface area contributed by atoms with Crippen LogP contribution in [0.15, 0.2) is 48.5 Å². The molecule has 0 saturated heterocycles. The molecule has 0 aliphatic heterocycles. The molecule has 0 spiro atoms. The number of aldehydes is 1. The first-order chi connectivity index (χ1) is 12.1. The number of nitrogens with zero attached hydrogens (tertiary/aromatic N) is 2. The van der Waals surface area contributed by atoms with Gasteiger partial charge >= 0.3 is 0 Å². The van der Waals surface area contributed by atoms with Gasteiger partial charge in [0.05, 0.1) is 6.54 Å². The van der Waals surface area contributed by atoms with Crippen molar-refractivity contribution < 1.29 is 9.53 Å². The maximum absolute atomic E-state index is 11.2. The highest BCUT2D eigenvalue weighted by molar-refractivity contribution is 6.32. The number of hydrogen-bond donors (Lipinski definition) is 0. The first-order valence-corrected chi connectivity index (χ1v) is 8.47. The molecule has 0 atom stereocenters. The number of benzene rings is 2. The molecule has 0 aliphatic carbocycles. The van der Waals surface area contributed by atoms with Gasteiger partial charge in [-0.25, -0.2) is 4.98 Å². The average Bonchev–Trinajstić information content (AvgIpc) is 2.89. The lowest BCUT2D eigenvalue weighted by Gasteiger charge is -2.11. The van der Waals surface area contributed by atoms with E-state index < -0.39 is 0 Å². The largest absolute Gasteiger partial charge is 0.489 e. The SMILES string of the molecule is Cc1nc(Cl)c(C=O)n1Cc1ccc(COc2ccccc2)cc1Cl. The Bertz CT molecular complexity index is 892. The van der Waals surface area contributed by atoms with Crippen molar-refractivity contribution in [3.05, 3.63) is 81.4 Å². The minimum Gasteiger partial charge on any atom is -0.489 e. The molecule has 25 heavy (non-hydrogen) atoms. The van der Waals surface area contributed by atoms with E-state index in [-0.39, 0.29) is 5.15 Å². The Balaban J connectivity index is 1.75. The van der Waals surface area contributed by atoms with E-state index in [1.54, 1.807) is 11.5 Å². The second kappa shape index (κ2) is 7.72. The van der Waals surface area contributed by atoms with Gasteiger partial charge in [0, 0.05) is 5.02 Å². The lowest BCUT2D eigenvalue weighted by molar-refractivity contribution is 0.111. The number of ether oxygens (including phenoxy) is 1. The van der Waals surface area contributed by atoms with Crippen LogP contribution in [0.3, 0.4) is 0 Å². The van der Waals surface area contributed by atoms with Crippen LogP contribution in [-0.4, -0.2) is 15.8 Å². The first kappa shape index (κ1) is 17.5. The van der Waals surface area contributed by atoms with Gasteiger partial charge < -0.3 is 9.30 Å². The molecule has 0 N–H and O–H groups in total. The molecular formula is C19H16Cl2N2O2. The van der Waals surface area contributed by atoms with Crippen LogP contribution in [0.25, 0.3) is 0 Å². The molecule has 0 aliphatic rings. The number of halogens is 2. The summed E-state index contributed by atoms with van der Waals surface area (Å²) in [5.74, 6) is 1.47. The lowest BCUT2D eigenvalue weighted by atomic mass is 10.1. The topological polar surface area (TPSA) is 44.1 Å². The van der Waals surface area contributed by atoms with Gasteiger partial charge in [-0.15, -0.1) is 0 Å². The Hall–Kier alpha value is -2.30. The molecule has 0 fully saturated rings. The number of imidazole rings is 1. The summed E-state index contributed by atoms with van der Waals surface area (Å²) in [6, 6.07) is 15.4. The molecule has 0 unspecified atom stereocenters. The molecular weight excluding hydrogens is 359 g/mol. The Morgan fingerprint density at radius 1 is 1.16 bits per heavy atom. The van der Waals surface area contributed by atoms with Crippen molar-refractivity contribution in [1.82, 2.24) is 9.55 Å². The van der Waals surface area contributed by atoms with E-state index in [0.29, 0.717) is 36.0 Å². The third-order valence-corrected chi connectivity index (χ3v) is 4.49. The second-order valence-corrected chi connectivity index (χ2v) is 6.33. The Morgan fingerprint density at radius 3 is 2.60 bits per heavy atom. The van der Waals surface area contributed by atoms with Crippen molar-refractivity contribution in [2.75, 3.05) is 0 Å². The highest BCUT2D eigenvalue weighted by Crippen LogP contribution is 2.23. The van der Waals surface area contributed by atoms with Gasteiger partial charge in [-0.3, -0.25) is 4.79 Å². The molecule has 0 amide bonds. The molecule has 0 radical (unpaired) electrons. The van der Waals surface area contributed by atoms with Gasteiger partial charge in [-0.1, -0.05) is 53.5 Å². The molecule has 128 valence electrons. The van der Waals surface area contributed by atoms with Crippen LogP contribution >= 0.6 is 23.2 Å². The molecule has 3 aromatic rings. The van der Waals surface area contributed by atoms with E-state index >= 15 is 0 Å². The predicted octanol–water partition coefficient (Wildman–Crippen LogP) is 4.94. The van der Waals surface area contributed by atoms with Gasteiger partial charge in [0.1, 0.15) is 23.9 Å². The van der Waals surface area contributed by atoms with Gasteiger partial charge in [-0.05, 0) is 36.2 Å². The fourth-order valence-electron chi connectivity index (χ4n) is 2.52. The zero-order chi connectivity index (χ0) is 17.8. The number of para-hydroxylation sites is 1. The maximum atomic E-state index is 11.2. The fraction of sp³-hybridized carbons (Fsp3) is 0.158. The molecule has 1 heterocycles. The maximum Gasteiger partial charge on any atom is 0.169 e. The second-order valence-electron chi connectivity index (χ2n) is 5.57. The summed E-state index contributed by atoms with van der Waals surface area (Å²) in [5, 5.41) is 0.812. The standard InChI is InChI=1S/C19H16Cl2N2O2/c1-13-22-19(21)18(11-24)23(13)10-15-8-7-14(9-17(15)20)12-25-16-5-3-2-4-6-16/h2-9,11H,10,12H2,1H3. The van der Waals surface area contributed by atoms with Crippen molar-refractivity contribution in [3.8, 4) is 5.75 Å². The number of carbonyl (C=O) groups is 1. The normalized spacial score (nSPS) is 10.7.